The van der Waals surface area contributed by atoms with Crippen LogP contribution in [0.3, 0.4) is 0 Å². The van der Waals surface area contributed by atoms with Crippen molar-refractivity contribution in [2.75, 3.05) is 0 Å². The van der Waals surface area contributed by atoms with Crippen molar-refractivity contribution in [3.8, 4) is 0 Å². The van der Waals surface area contributed by atoms with Gasteiger partial charge in [-0.15, -0.1) is 0 Å². The van der Waals surface area contributed by atoms with Crippen molar-refractivity contribution in [3.63, 3.8) is 0 Å². The van der Waals surface area contributed by atoms with Crippen LogP contribution < -0.4 is 0 Å². The number of benzene rings is 2. The van der Waals surface area contributed by atoms with Crippen LogP contribution in [0.15, 0.2) is 42.5 Å². The molecule has 4 heteroatoms. The van der Waals surface area contributed by atoms with Crippen molar-refractivity contribution < 1.29 is 9.53 Å². The van der Waals surface area contributed by atoms with Crippen molar-refractivity contribution >= 4 is 28.8 Å². The number of aryl methyl sites for hydroxylation is 1. The SMILES string of the molecule is Cc1ccc2c(c1)C(=O)C(c1ccccc1Cl)=[N+]2[O-]. The lowest BCUT2D eigenvalue weighted by molar-refractivity contribution is -0.355. The van der Waals surface area contributed by atoms with Crippen LogP contribution in [0.4, 0.5) is 5.69 Å². The molecule has 2 aromatic carbocycles. The van der Waals surface area contributed by atoms with Gasteiger partial charge < -0.3 is 5.21 Å². The van der Waals surface area contributed by atoms with Crippen LogP contribution in [0.2, 0.25) is 5.02 Å². The molecule has 0 amide bonds. The van der Waals surface area contributed by atoms with Gasteiger partial charge in [-0.05, 0) is 30.7 Å². The molecule has 0 atom stereocenters. The molecule has 0 saturated carbocycles. The highest BCUT2D eigenvalue weighted by Gasteiger charge is 2.37. The third-order valence-corrected chi connectivity index (χ3v) is 3.49. The Morgan fingerprint density at radius 2 is 1.84 bits per heavy atom. The molecule has 0 aliphatic carbocycles. The summed E-state index contributed by atoms with van der Waals surface area (Å²) in [6.07, 6.45) is 0. The maximum atomic E-state index is 12.4. The van der Waals surface area contributed by atoms with E-state index in [0.29, 0.717) is 26.6 Å². The van der Waals surface area contributed by atoms with Crippen LogP contribution in [0.25, 0.3) is 0 Å². The van der Waals surface area contributed by atoms with Crippen LogP contribution in [0.5, 0.6) is 0 Å². The number of nitrogens with zero attached hydrogens (tertiary/aromatic N) is 1. The van der Waals surface area contributed by atoms with Gasteiger partial charge in [0.15, 0.2) is 0 Å². The van der Waals surface area contributed by atoms with Gasteiger partial charge in [0.2, 0.25) is 5.69 Å². The highest BCUT2D eigenvalue weighted by Crippen LogP contribution is 2.30. The van der Waals surface area contributed by atoms with E-state index in [2.05, 4.69) is 0 Å². The van der Waals surface area contributed by atoms with E-state index in [1.54, 1.807) is 36.4 Å². The van der Waals surface area contributed by atoms with E-state index >= 15 is 0 Å². The summed E-state index contributed by atoms with van der Waals surface area (Å²) in [7, 11) is 0. The van der Waals surface area contributed by atoms with Gasteiger partial charge in [-0.3, -0.25) is 4.79 Å². The van der Waals surface area contributed by atoms with Crippen LogP contribution in [0, 0.1) is 12.1 Å². The first kappa shape index (κ1) is 11.9. The maximum absolute atomic E-state index is 12.4. The van der Waals surface area contributed by atoms with Gasteiger partial charge >= 0.3 is 0 Å². The Kier molecular flexibility index (Phi) is 2.64. The Morgan fingerprint density at radius 3 is 2.58 bits per heavy atom. The normalized spacial score (nSPS) is 13.9. The fraction of sp³-hybridized carbons (Fsp3) is 0.0667. The summed E-state index contributed by atoms with van der Waals surface area (Å²) in [5.41, 5.74) is 2.32. The number of rotatable bonds is 1. The molecule has 0 spiro atoms. The Balaban J connectivity index is 2.24. The lowest BCUT2D eigenvalue weighted by Gasteiger charge is -2.03. The first-order valence-corrected chi connectivity index (χ1v) is 6.22. The van der Waals surface area contributed by atoms with Crippen LogP contribution in [-0.2, 0) is 0 Å². The minimum absolute atomic E-state index is 0.0891. The Labute approximate surface area is 115 Å². The van der Waals surface area contributed by atoms with E-state index in [1.165, 1.54) is 0 Å². The molecule has 0 unspecified atom stereocenters. The molecule has 94 valence electrons. The van der Waals surface area contributed by atoms with E-state index in [4.69, 9.17) is 11.6 Å². The zero-order valence-corrected chi connectivity index (χ0v) is 10.9. The number of hydrogen-bond donors (Lipinski definition) is 0. The summed E-state index contributed by atoms with van der Waals surface area (Å²) in [6.45, 7) is 1.89. The number of halogens is 1. The number of carbonyl (C=O) groups excluding carboxylic acids is 1. The molecule has 3 nitrogen and oxygen atoms in total. The van der Waals surface area contributed by atoms with Crippen molar-refractivity contribution in [2.45, 2.75) is 6.92 Å². The quantitative estimate of drug-likeness (QED) is 0.589. The first-order valence-electron chi connectivity index (χ1n) is 5.84. The van der Waals surface area contributed by atoms with Crippen molar-refractivity contribution in [1.29, 1.82) is 0 Å². The summed E-state index contributed by atoms with van der Waals surface area (Å²) in [5.74, 6) is -0.276. The van der Waals surface area contributed by atoms with Gasteiger partial charge in [0.25, 0.3) is 11.5 Å². The predicted molar refractivity (Wildman–Crippen MR) is 74.4 cm³/mol. The van der Waals surface area contributed by atoms with Gasteiger partial charge in [-0.2, -0.15) is 4.74 Å². The smallest absolute Gasteiger partial charge is 0.274 e. The highest BCUT2D eigenvalue weighted by atomic mass is 35.5. The lowest BCUT2D eigenvalue weighted by atomic mass is 10.0. The van der Waals surface area contributed by atoms with Gasteiger partial charge in [0.1, 0.15) is 5.56 Å². The second-order valence-corrected chi connectivity index (χ2v) is 4.88. The number of Topliss-reactive ketones (excluding diaryl/α,β-unsaturated/α-hetero) is 1. The third kappa shape index (κ3) is 1.74. The van der Waals surface area contributed by atoms with Gasteiger partial charge in [0.05, 0.1) is 10.6 Å². The van der Waals surface area contributed by atoms with E-state index in [-0.39, 0.29) is 11.5 Å². The van der Waals surface area contributed by atoms with E-state index in [0.717, 1.165) is 5.56 Å². The molecular formula is C15H10ClNO2. The second-order valence-electron chi connectivity index (χ2n) is 4.47. The molecule has 0 radical (unpaired) electrons. The second kappa shape index (κ2) is 4.21. The molecule has 1 aliphatic rings. The standard InChI is InChI=1S/C15H10ClNO2/c1-9-6-7-13-11(8-9)15(18)14(17(13)19)10-4-2-3-5-12(10)16/h2-8H,1H3. The third-order valence-electron chi connectivity index (χ3n) is 3.16. The van der Waals surface area contributed by atoms with Crippen molar-refractivity contribution in [3.05, 3.63) is 69.4 Å². The Morgan fingerprint density at radius 1 is 1.11 bits per heavy atom. The van der Waals surface area contributed by atoms with Crippen molar-refractivity contribution in [2.24, 2.45) is 0 Å². The topological polar surface area (TPSA) is 43.1 Å². The molecule has 1 heterocycles. The molecular weight excluding hydrogens is 262 g/mol. The molecule has 3 rings (SSSR count). The number of ketones is 1. The fourth-order valence-electron chi connectivity index (χ4n) is 2.23. The Hall–Kier alpha value is -2.13. The van der Waals surface area contributed by atoms with E-state index in [9.17, 15) is 10.0 Å². The average Bonchev–Trinajstić information content (AvgIpc) is 2.63. The highest BCUT2D eigenvalue weighted by molar-refractivity contribution is 6.54. The first-order chi connectivity index (χ1) is 9.09. The molecule has 0 aromatic heterocycles. The summed E-state index contributed by atoms with van der Waals surface area (Å²) in [6, 6.07) is 12.1. The van der Waals surface area contributed by atoms with Crippen molar-refractivity contribution in [1.82, 2.24) is 0 Å². The van der Waals surface area contributed by atoms with Crippen LogP contribution in [0.1, 0.15) is 21.5 Å². The zero-order valence-electron chi connectivity index (χ0n) is 10.2. The molecule has 1 aliphatic heterocycles. The van der Waals surface area contributed by atoms with Crippen LogP contribution in [-0.4, -0.2) is 16.2 Å². The molecule has 0 fully saturated rings. The fourth-order valence-corrected chi connectivity index (χ4v) is 2.46. The largest absolute Gasteiger partial charge is 0.618 e. The van der Waals surface area contributed by atoms with Gasteiger partial charge in [-0.1, -0.05) is 29.8 Å². The number of hydrogen-bond acceptors (Lipinski definition) is 2. The molecule has 0 saturated heterocycles. The van der Waals surface area contributed by atoms with Gasteiger partial charge in [-0.25, -0.2) is 0 Å². The average molecular weight is 272 g/mol. The lowest BCUT2D eigenvalue weighted by Crippen LogP contribution is -2.17. The zero-order chi connectivity index (χ0) is 13.6. The van der Waals surface area contributed by atoms with E-state index < -0.39 is 0 Å². The maximum Gasteiger partial charge on any atom is 0.274 e. The predicted octanol–water partition coefficient (Wildman–Crippen LogP) is 3.48. The summed E-state index contributed by atoms with van der Waals surface area (Å²) in [5, 5.41) is 12.7. The minimum atomic E-state index is -0.276. The minimum Gasteiger partial charge on any atom is -0.618 e. The monoisotopic (exact) mass is 271 g/mol. The molecule has 0 N–H and O–H groups in total. The summed E-state index contributed by atoms with van der Waals surface area (Å²) in [4.78, 5) is 12.4. The summed E-state index contributed by atoms with van der Waals surface area (Å²) >= 11 is 6.07. The van der Waals surface area contributed by atoms with Crippen LogP contribution >= 0.6 is 11.6 Å². The van der Waals surface area contributed by atoms with E-state index in [1.807, 2.05) is 13.0 Å². The number of fused-ring (bicyclic) bond motifs is 1. The molecule has 2 aromatic rings. The molecule has 19 heavy (non-hydrogen) atoms. The number of carbonyl (C=O) groups is 1. The Bertz CT molecular complexity index is 735. The summed E-state index contributed by atoms with van der Waals surface area (Å²) < 4.78 is 0.665. The van der Waals surface area contributed by atoms with Gasteiger partial charge in [0, 0.05) is 6.07 Å². The molecule has 0 bridgehead atoms.